The van der Waals surface area contributed by atoms with Gasteiger partial charge in [-0.1, -0.05) is 24.3 Å². The molecule has 0 atom stereocenters. The van der Waals surface area contributed by atoms with Crippen LogP contribution in [0.25, 0.3) is 16.9 Å². The summed E-state index contributed by atoms with van der Waals surface area (Å²) in [5, 5.41) is 17.3. The molecular weight excluding hydrogens is 410 g/mol. The molecule has 4 rings (SSSR count). The standard InChI is InChI=1S/C25H30F2N4O/c1-18-4-2-3-5-22(18)25-20(16-28-15-19-8-10-30(11-9-19)12-13-32)17-31(29-25)24-7-6-21(26)14-23(24)27/h2-7,14,17,19,28,32H,8-13,15-16H2,1H3. The van der Waals surface area contributed by atoms with Crippen LogP contribution in [-0.2, 0) is 6.54 Å². The third kappa shape index (κ3) is 5.23. The Balaban J connectivity index is 1.51. The van der Waals surface area contributed by atoms with Gasteiger partial charge in [-0.25, -0.2) is 13.5 Å². The molecule has 0 bridgehead atoms. The number of piperidine rings is 1. The topological polar surface area (TPSA) is 53.3 Å². The van der Waals surface area contributed by atoms with Crippen LogP contribution in [0.2, 0.25) is 0 Å². The summed E-state index contributed by atoms with van der Waals surface area (Å²) in [7, 11) is 0. The molecule has 1 aliphatic rings. The van der Waals surface area contributed by atoms with E-state index >= 15 is 0 Å². The summed E-state index contributed by atoms with van der Waals surface area (Å²) in [6.07, 6.45) is 4.05. The van der Waals surface area contributed by atoms with Crippen molar-refractivity contribution in [3.8, 4) is 16.9 Å². The van der Waals surface area contributed by atoms with Crippen molar-refractivity contribution in [3.63, 3.8) is 0 Å². The molecule has 1 saturated heterocycles. The summed E-state index contributed by atoms with van der Waals surface area (Å²) in [6, 6.07) is 11.5. The van der Waals surface area contributed by atoms with Gasteiger partial charge in [0.15, 0.2) is 5.82 Å². The van der Waals surface area contributed by atoms with Crippen molar-refractivity contribution in [1.82, 2.24) is 20.0 Å². The SMILES string of the molecule is Cc1ccccc1-c1nn(-c2ccc(F)cc2F)cc1CNCC1CCN(CCO)CC1. The zero-order valence-electron chi connectivity index (χ0n) is 18.4. The Hall–Kier alpha value is -2.61. The smallest absolute Gasteiger partial charge is 0.151 e. The van der Waals surface area contributed by atoms with Gasteiger partial charge in [-0.15, -0.1) is 0 Å². The van der Waals surface area contributed by atoms with E-state index < -0.39 is 11.6 Å². The molecule has 0 unspecified atom stereocenters. The second kappa shape index (κ2) is 10.3. The van der Waals surface area contributed by atoms with Crippen LogP contribution in [0.4, 0.5) is 8.78 Å². The highest BCUT2D eigenvalue weighted by molar-refractivity contribution is 5.66. The summed E-state index contributed by atoms with van der Waals surface area (Å²) in [5.74, 6) is -0.654. The van der Waals surface area contributed by atoms with Gasteiger partial charge in [0, 0.05) is 36.5 Å². The Bertz CT molecular complexity index is 1040. The number of aliphatic hydroxyl groups is 1. The van der Waals surface area contributed by atoms with E-state index in [0.29, 0.717) is 12.5 Å². The molecule has 0 saturated carbocycles. The number of rotatable bonds is 8. The van der Waals surface area contributed by atoms with Crippen molar-refractivity contribution < 1.29 is 13.9 Å². The molecule has 0 amide bonds. The number of likely N-dealkylation sites (tertiary alicyclic amines) is 1. The van der Waals surface area contributed by atoms with Crippen molar-refractivity contribution in [3.05, 3.63) is 71.4 Å². The first kappa shape index (κ1) is 22.6. The number of β-amino-alcohol motifs (C(OH)–C–C–N with tert-alkyl or cyclic N) is 1. The molecule has 3 aromatic rings. The van der Waals surface area contributed by atoms with Gasteiger partial charge in [0.1, 0.15) is 11.5 Å². The molecule has 2 heterocycles. The molecule has 1 aliphatic heterocycles. The minimum Gasteiger partial charge on any atom is -0.395 e. The second-order valence-corrected chi connectivity index (χ2v) is 8.50. The van der Waals surface area contributed by atoms with Gasteiger partial charge < -0.3 is 15.3 Å². The zero-order valence-corrected chi connectivity index (χ0v) is 18.4. The van der Waals surface area contributed by atoms with E-state index in [1.165, 1.54) is 16.8 Å². The maximum absolute atomic E-state index is 14.4. The van der Waals surface area contributed by atoms with Crippen molar-refractivity contribution in [1.29, 1.82) is 0 Å². The molecule has 5 nitrogen and oxygen atoms in total. The normalized spacial score (nSPS) is 15.4. The number of hydrogen-bond acceptors (Lipinski definition) is 4. The van der Waals surface area contributed by atoms with Crippen molar-refractivity contribution in [2.75, 3.05) is 32.8 Å². The average molecular weight is 441 g/mol. The average Bonchev–Trinajstić information content (AvgIpc) is 3.19. The van der Waals surface area contributed by atoms with E-state index in [-0.39, 0.29) is 12.3 Å². The molecule has 2 N–H and O–H groups in total. The highest BCUT2D eigenvalue weighted by Gasteiger charge is 2.20. The van der Waals surface area contributed by atoms with E-state index in [1.807, 2.05) is 37.4 Å². The Morgan fingerprint density at radius 1 is 1.12 bits per heavy atom. The molecular formula is C25H30F2N4O. The van der Waals surface area contributed by atoms with Crippen LogP contribution >= 0.6 is 0 Å². The highest BCUT2D eigenvalue weighted by atomic mass is 19.1. The number of halogens is 2. The van der Waals surface area contributed by atoms with Crippen LogP contribution in [0.3, 0.4) is 0 Å². The molecule has 32 heavy (non-hydrogen) atoms. The Labute approximate surface area is 187 Å². The molecule has 0 spiro atoms. The lowest BCUT2D eigenvalue weighted by Gasteiger charge is -2.31. The zero-order chi connectivity index (χ0) is 22.5. The Morgan fingerprint density at radius 2 is 1.91 bits per heavy atom. The maximum atomic E-state index is 14.4. The summed E-state index contributed by atoms with van der Waals surface area (Å²) >= 11 is 0. The minimum absolute atomic E-state index is 0.212. The predicted octanol–water partition coefficient (Wildman–Crippen LogP) is 3.92. The largest absolute Gasteiger partial charge is 0.395 e. The van der Waals surface area contributed by atoms with Gasteiger partial charge in [0.05, 0.1) is 12.3 Å². The maximum Gasteiger partial charge on any atom is 0.151 e. The molecule has 1 fully saturated rings. The quantitative estimate of drug-likeness (QED) is 0.558. The van der Waals surface area contributed by atoms with Gasteiger partial charge in [0.25, 0.3) is 0 Å². The third-order valence-corrected chi connectivity index (χ3v) is 6.22. The molecule has 2 aromatic carbocycles. The fourth-order valence-corrected chi connectivity index (χ4v) is 4.36. The third-order valence-electron chi connectivity index (χ3n) is 6.22. The number of hydrogen-bond donors (Lipinski definition) is 2. The van der Waals surface area contributed by atoms with Crippen molar-refractivity contribution in [2.24, 2.45) is 5.92 Å². The fraction of sp³-hybridized carbons (Fsp3) is 0.400. The van der Waals surface area contributed by atoms with E-state index in [9.17, 15) is 8.78 Å². The second-order valence-electron chi connectivity index (χ2n) is 8.50. The van der Waals surface area contributed by atoms with Crippen molar-refractivity contribution >= 4 is 0 Å². The highest BCUT2D eigenvalue weighted by Crippen LogP contribution is 2.27. The summed E-state index contributed by atoms with van der Waals surface area (Å²) < 4.78 is 29.3. The molecule has 0 aliphatic carbocycles. The number of nitrogens with zero attached hydrogens (tertiary/aromatic N) is 3. The van der Waals surface area contributed by atoms with Gasteiger partial charge in [0.2, 0.25) is 0 Å². The number of benzene rings is 2. The fourth-order valence-electron chi connectivity index (χ4n) is 4.36. The van der Waals surface area contributed by atoms with E-state index in [1.54, 1.807) is 0 Å². The van der Waals surface area contributed by atoms with Crippen molar-refractivity contribution in [2.45, 2.75) is 26.3 Å². The van der Waals surface area contributed by atoms with Crippen LogP contribution in [-0.4, -0.2) is 52.6 Å². The summed E-state index contributed by atoms with van der Waals surface area (Å²) in [4.78, 5) is 2.30. The lowest BCUT2D eigenvalue weighted by molar-refractivity contribution is 0.146. The molecule has 170 valence electrons. The first-order valence-electron chi connectivity index (χ1n) is 11.2. The lowest BCUT2D eigenvalue weighted by atomic mass is 9.96. The molecule has 1 aromatic heterocycles. The van der Waals surface area contributed by atoms with E-state index in [0.717, 1.165) is 67.5 Å². The van der Waals surface area contributed by atoms with E-state index in [4.69, 9.17) is 5.11 Å². The number of aryl methyl sites for hydroxylation is 1. The number of aliphatic hydroxyl groups excluding tert-OH is 1. The van der Waals surface area contributed by atoms with Gasteiger partial charge in [-0.05, 0) is 63.0 Å². The Morgan fingerprint density at radius 3 is 2.62 bits per heavy atom. The first-order chi connectivity index (χ1) is 15.5. The number of aromatic nitrogens is 2. The van der Waals surface area contributed by atoms with Crippen LogP contribution in [0.1, 0.15) is 24.0 Å². The van der Waals surface area contributed by atoms with E-state index in [2.05, 4.69) is 15.3 Å². The predicted molar refractivity (Wildman–Crippen MR) is 122 cm³/mol. The van der Waals surface area contributed by atoms with Crippen LogP contribution in [0, 0.1) is 24.5 Å². The van der Waals surface area contributed by atoms with Crippen LogP contribution in [0.15, 0.2) is 48.7 Å². The van der Waals surface area contributed by atoms with Gasteiger partial charge in [-0.3, -0.25) is 0 Å². The lowest BCUT2D eigenvalue weighted by Crippen LogP contribution is -2.38. The van der Waals surface area contributed by atoms with Crippen LogP contribution in [0.5, 0.6) is 0 Å². The molecule has 7 heteroatoms. The van der Waals surface area contributed by atoms with Gasteiger partial charge in [-0.2, -0.15) is 5.10 Å². The molecule has 0 radical (unpaired) electrons. The van der Waals surface area contributed by atoms with Crippen LogP contribution < -0.4 is 5.32 Å². The summed E-state index contributed by atoms with van der Waals surface area (Å²) in [6.45, 7) is 6.54. The van der Waals surface area contributed by atoms with Gasteiger partial charge >= 0.3 is 0 Å². The summed E-state index contributed by atoms with van der Waals surface area (Å²) in [5.41, 5.74) is 4.10. The number of nitrogens with one attached hydrogen (secondary N) is 1. The Kier molecular flexibility index (Phi) is 7.29. The minimum atomic E-state index is -0.641. The first-order valence-corrected chi connectivity index (χ1v) is 11.2. The monoisotopic (exact) mass is 440 g/mol.